The third kappa shape index (κ3) is 2.43. The van der Waals surface area contributed by atoms with Gasteiger partial charge in [-0.3, -0.25) is 4.79 Å². The van der Waals surface area contributed by atoms with E-state index in [4.69, 9.17) is 15.2 Å². The van der Waals surface area contributed by atoms with E-state index in [2.05, 4.69) is 0 Å². The quantitative estimate of drug-likeness (QED) is 0.897. The Balaban J connectivity index is 2.37. The van der Waals surface area contributed by atoms with E-state index in [0.717, 1.165) is 0 Å². The maximum absolute atomic E-state index is 11.3. The van der Waals surface area contributed by atoms with Gasteiger partial charge in [0.2, 0.25) is 0 Å². The molecule has 0 bridgehead atoms. The maximum Gasteiger partial charge on any atom is 0.252 e. The lowest BCUT2D eigenvalue weighted by molar-refractivity contribution is 0.0998. The van der Waals surface area contributed by atoms with Crippen LogP contribution < -0.4 is 15.2 Å². The summed E-state index contributed by atoms with van der Waals surface area (Å²) in [6.07, 6.45) is 0. The predicted octanol–water partition coefficient (Wildman–Crippen LogP) is 2.59. The van der Waals surface area contributed by atoms with Crippen LogP contribution in [0.25, 0.3) is 0 Å². The molecule has 0 aliphatic carbocycles. The highest BCUT2D eigenvalue weighted by atomic mass is 16.5. The second kappa shape index (κ2) is 5.23. The van der Waals surface area contributed by atoms with Gasteiger partial charge in [0.1, 0.15) is 5.75 Å². The summed E-state index contributed by atoms with van der Waals surface area (Å²) in [5.41, 5.74) is 5.63. The van der Waals surface area contributed by atoms with Crippen molar-refractivity contribution in [3.63, 3.8) is 0 Å². The van der Waals surface area contributed by atoms with Crippen LogP contribution >= 0.6 is 0 Å². The van der Waals surface area contributed by atoms with E-state index in [1.807, 2.05) is 12.1 Å². The molecule has 0 atom stereocenters. The maximum atomic E-state index is 11.3. The Bertz CT molecular complexity index is 566. The van der Waals surface area contributed by atoms with Crippen LogP contribution in [0.1, 0.15) is 10.4 Å². The van der Waals surface area contributed by atoms with Crippen LogP contribution in [0.3, 0.4) is 0 Å². The fourth-order valence-corrected chi connectivity index (χ4v) is 1.58. The van der Waals surface area contributed by atoms with Crippen molar-refractivity contribution in [1.82, 2.24) is 0 Å². The normalized spacial score (nSPS) is 9.83. The van der Waals surface area contributed by atoms with Crippen molar-refractivity contribution >= 4 is 5.91 Å². The fraction of sp³-hybridized carbons (Fsp3) is 0.0714. The second-order valence-electron chi connectivity index (χ2n) is 3.61. The zero-order valence-electron chi connectivity index (χ0n) is 9.92. The van der Waals surface area contributed by atoms with Crippen molar-refractivity contribution in [2.75, 3.05) is 7.11 Å². The molecule has 2 aromatic rings. The van der Waals surface area contributed by atoms with Crippen LogP contribution in [0.15, 0.2) is 48.5 Å². The van der Waals surface area contributed by atoms with Crippen molar-refractivity contribution in [3.8, 4) is 17.2 Å². The Labute approximate surface area is 105 Å². The Morgan fingerprint density at radius 2 is 1.50 bits per heavy atom. The van der Waals surface area contributed by atoms with Crippen LogP contribution in [0.4, 0.5) is 0 Å². The van der Waals surface area contributed by atoms with E-state index >= 15 is 0 Å². The van der Waals surface area contributed by atoms with Gasteiger partial charge in [0.05, 0.1) is 12.7 Å². The number of hydrogen-bond acceptors (Lipinski definition) is 3. The largest absolute Gasteiger partial charge is 0.493 e. The molecule has 0 saturated carbocycles. The van der Waals surface area contributed by atoms with E-state index in [1.54, 1.807) is 43.5 Å². The minimum atomic E-state index is -0.527. The number of primary amides is 1. The highest BCUT2D eigenvalue weighted by Crippen LogP contribution is 2.32. The first-order valence-electron chi connectivity index (χ1n) is 5.42. The summed E-state index contributed by atoms with van der Waals surface area (Å²) >= 11 is 0. The number of methoxy groups -OCH3 is 1. The standard InChI is InChI=1S/C14H13NO3/c1-17-12-8-4-5-9-13(12)18-11-7-3-2-6-10(11)14(15)16/h2-9H,1H3,(H2,15,16). The molecule has 2 N–H and O–H groups in total. The van der Waals surface area contributed by atoms with Gasteiger partial charge in [0.15, 0.2) is 11.5 Å². The van der Waals surface area contributed by atoms with Crippen LogP contribution in [0.5, 0.6) is 17.2 Å². The van der Waals surface area contributed by atoms with Crippen molar-refractivity contribution in [2.24, 2.45) is 5.73 Å². The molecule has 0 heterocycles. The number of para-hydroxylation sites is 3. The summed E-state index contributed by atoms with van der Waals surface area (Å²) in [7, 11) is 1.56. The smallest absolute Gasteiger partial charge is 0.252 e. The molecule has 0 unspecified atom stereocenters. The Hall–Kier alpha value is -2.49. The molecule has 18 heavy (non-hydrogen) atoms. The molecular weight excluding hydrogens is 230 g/mol. The van der Waals surface area contributed by atoms with Crippen LogP contribution in [-0.2, 0) is 0 Å². The third-order valence-electron chi connectivity index (χ3n) is 2.44. The first-order valence-corrected chi connectivity index (χ1v) is 5.42. The first-order chi connectivity index (χ1) is 8.72. The van der Waals surface area contributed by atoms with Crippen LogP contribution in [-0.4, -0.2) is 13.0 Å². The van der Waals surface area contributed by atoms with Gasteiger partial charge in [0.25, 0.3) is 5.91 Å². The molecule has 0 fully saturated rings. The highest BCUT2D eigenvalue weighted by Gasteiger charge is 2.11. The fourth-order valence-electron chi connectivity index (χ4n) is 1.58. The van der Waals surface area contributed by atoms with Gasteiger partial charge >= 0.3 is 0 Å². The Kier molecular flexibility index (Phi) is 3.48. The van der Waals surface area contributed by atoms with Crippen molar-refractivity contribution < 1.29 is 14.3 Å². The molecule has 0 radical (unpaired) electrons. The number of nitrogens with two attached hydrogens (primary N) is 1. The summed E-state index contributed by atoms with van der Waals surface area (Å²) in [5.74, 6) is 1.01. The average molecular weight is 243 g/mol. The molecule has 4 nitrogen and oxygen atoms in total. The third-order valence-corrected chi connectivity index (χ3v) is 2.44. The number of rotatable bonds is 4. The molecule has 0 saturated heterocycles. The Morgan fingerprint density at radius 1 is 0.944 bits per heavy atom. The summed E-state index contributed by atoms with van der Waals surface area (Å²) in [6, 6.07) is 14.0. The monoisotopic (exact) mass is 243 g/mol. The van der Waals surface area contributed by atoms with Crippen LogP contribution in [0, 0.1) is 0 Å². The van der Waals surface area contributed by atoms with E-state index in [-0.39, 0.29) is 0 Å². The molecule has 1 amide bonds. The van der Waals surface area contributed by atoms with Gasteiger partial charge in [-0.1, -0.05) is 24.3 Å². The summed E-state index contributed by atoms with van der Waals surface area (Å²) in [4.78, 5) is 11.3. The van der Waals surface area contributed by atoms with Gasteiger partial charge in [-0.25, -0.2) is 0 Å². The SMILES string of the molecule is COc1ccccc1Oc1ccccc1C(N)=O. The van der Waals surface area contributed by atoms with Gasteiger partial charge in [-0.05, 0) is 24.3 Å². The highest BCUT2D eigenvalue weighted by molar-refractivity contribution is 5.95. The van der Waals surface area contributed by atoms with Crippen molar-refractivity contribution in [3.05, 3.63) is 54.1 Å². The molecule has 0 spiro atoms. The molecule has 92 valence electrons. The molecule has 0 aliphatic rings. The van der Waals surface area contributed by atoms with Gasteiger partial charge in [0, 0.05) is 0 Å². The lowest BCUT2D eigenvalue weighted by Crippen LogP contribution is -2.12. The minimum Gasteiger partial charge on any atom is -0.493 e. The van der Waals surface area contributed by atoms with Crippen molar-refractivity contribution in [1.29, 1.82) is 0 Å². The zero-order valence-corrected chi connectivity index (χ0v) is 9.92. The predicted molar refractivity (Wildman–Crippen MR) is 68.0 cm³/mol. The molecule has 0 aliphatic heterocycles. The number of hydrogen-bond donors (Lipinski definition) is 1. The topological polar surface area (TPSA) is 61.6 Å². The number of benzene rings is 2. The summed E-state index contributed by atoms with van der Waals surface area (Å²) < 4.78 is 10.8. The van der Waals surface area contributed by atoms with E-state index < -0.39 is 5.91 Å². The lowest BCUT2D eigenvalue weighted by atomic mass is 10.2. The molecule has 2 aromatic carbocycles. The average Bonchev–Trinajstić information content (AvgIpc) is 2.40. The summed E-state index contributed by atoms with van der Waals surface area (Å²) in [5, 5.41) is 0. The Morgan fingerprint density at radius 3 is 2.11 bits per heavy atom. The molecule has 2 rings (SSSR count). The first kappa shape index (κ1) is 12.0. The minimum absolute atomic E-state index is 0.336. The second-order valence-corrected chi connectivity index (χ2v) is 3.61. The number of carbonyl (C=O) groups is 1. The summed E-state index contributed by atoms with van der Waals surface area (Å²) in [6.45, 7) is 0. The zero-order chi connectivity index (χ0) is 13.0. The molecular formula is C14H13NO3. The van der Waals surface area contributed by atoms with Gasteiger partial charge < -0.3 is 15.2 Å². The van der Waals surface area contributed by atoms with Crippen molar-refractivity contribution in [2.45, 2.75) is 0 Å². The number of amides is 1. The van der Waals surface area contributed by atoms with E-state index in [9.17, 15) is 4.79 Å². The molecule has 0 aromatic heterocycles. The number of ether oxygens (including phenoxy) is 2. The van der Waals surface area contributed by atoms with Gasteiger partial charge in [-0.15, -0.1) is 0 Å². The lowest BCUT2D eigenvalue weighted by Gasteiger charge is -2.11. The number of carbonyl (C=O) groups excluding carboxylic acids is 1. The van der Waals surface area contributed by atoms with E-state index in [1.165, 1.54) is 0 Å². The molecule has 4 heteroatoms. The van der Waals surface area contributed by atoms with Crippen LogP contribution in [0.2, 0.25) is 0 Å². The van der Waals surface area contributed by atoms with E-state index in [0.29, 0.717) is 22.8 Å². The van der Waals surface area contributed by atoms with Gasteiger partial charge in [-0.2, -0.15) is 0 Å².